The summed E-state index contributed by atoms with van der Waals surface area (Å²) < 4.78 is 0. The zero-order valence-corrected chi connectivity index (χ0v) is 8.49. The average Bonchev–Trinajstić information content (AvgIpc) is 2.73. The zero-order valence-electron chi connectivity index (χ0n) is 8.49. The maximum Gasteiger partial charge on any atom is 0.128 e. The third-order valence-corrected chi connectivity index (χ3v) is 2.14. The number of hydrogen-bond acceptors (Lipinski definition) is 4. The maximum atomic E-state index is 5.77. The van der Waals surface area contributed by atoms with E-state index in [0.717, 1.165) is 22.9 Å². The number of imidazole rings is 1. The standard InChI is InChI=1S/C10H13N5/c1-7-5-14-9(4-8(7)11)15-6-10-12-2-3-13-10/h2-5H,6H2,1H3,(H,12,13)(H3,11,14,15). The Bertz CT molecular complexity index is 435. The van der Waals surface area contributed by atoms with Gasteiger partial charge in [0.15, 0.2) is 0 Å². The molecule has 2 rings (SSSR count). The third kappa shape index (κ3) is 2.25. The first-order valence-corrected chi connectivity index (χ1v) is 4.70. The molecule has 4 N–H and O–H groups in total. The summed E-state index contributed by atoms with van der Waals surface area (Å²) in [6, 6.07) is 1.82. The highest BCUT2D eigenvalue weighted by molar-refractivity contribution is 5.53. The van der Waals surface area contributed by atoms with Crippen LogP contribution in [-0.4, -0.2) is 15.0 Å². The van der Waals surface area contributed by atoms with Crippen LogP contribution in [0.15, 0.2) is 24.7 Å². The van der Waals surface area contributed by atoms with Crippen LogP contribution in [0.25, 0.3) is 0 Å². The van der Waals surface area contributed by atoms with Gasteiger partial charge in [-0.2, -0.15) is 0 Å². The van der Waals surface area contributed by atoms with Gasteiger partial charge in [0.05, 0.1) is 6.54 Å². The number of nitrogen functional groups attached to an aromatic ring is 1. The lowest BCUT2D eigenvalue weighted by atomic mass is 10.2. The van der Waals surface area contributed by atoms with Crippen molar-refractivity contribution in [3.8, 4) is 0 Å². The van der Waals surface area contributed by atoms with Crippen molar-refractivity contribution in [2.24, 2.45) is 0 Å². The summed E-state index contributed by atoms with van der Waals surface area (Å²) in [5, 5.41) is 3.13. The van der Waals surface area contributed by atoms with E-state index in [1.54, 1.807) is 18.6 Å². The first kappa shape index (κ1) is 9.51. The van der Waals surface area contributed by atoms with Gasteiger partial charge in [-0.15, -0.1) is 0 Å². The number of pyridine rings is 1. The highest BCUT2D eigenvalue weighted by atomic mass is 15.0. The Balaban J connectivity index is 2.02. The molecule has 5 heteroatoms. The number of nitrogens with zero attached hydrogens (tertiary/aromatic N) is 2. The fraction of sp³-hybridized carbons (Fsp3) is 0.200. The summed E-state index contributed by atoms with van der Waals surface area (Å²) >= 11 is 0. The Kier molecular flexibility index (Phi) is 2.53. The molecule has 0 aliphatic rings. The van der Waals surface area contributed by atoms with Gasteiger partial charge in [-0.1, -0.05) is 0 Å². The first-order chi connectivity index (χ1) is 7.25. The number of rotatable bonds is 3. The van der Waals surface area contributed by atoms with E-state index in [2.05, 4.69) is 20.3 Å². The van der Waals surface area contributed by atoms with Crippen molar-refractivity contribution in [2.45, 2.75) is 13.5 Å². The lowest BCUT2D eigenvalue weighted by Crippen LogP contribution is -2.04. The maximum absolute atomic E-state index is 5.77. The minimum atomic E-state index is 0.614. The van der Waals surface area contributed by atoms with Crippen LogP contribution >= 0.6 is 0 Å². The van der Waals surface area contributed by atoms with Gasteiger partial charge >= 0.3 is 0 Å². The molecule has 0 aliphatic heterocycles. The molecule has 0 spiro atoms. The van der Waals surface area contributed by atoms with Gasteiger partial charge in [-0.25, -0.2) is 9.97 Å². The lowest BCUT2D eigenvalue weighted by Gasteiger charge is -2.05. The second kappa shape index (κ2) is 4.00. The summed E-state index contributed by atoms with van der Waals surface area (Å²) in [6.45, 7) is 2.54. The molecule has 0 aromatic carbocycles. The zero-order chi connectivity index (χ0) is 10.7. The summed E-state index contributed by atoms with van der Waals surface area (Å²) in [4.78, 5) is 11.3. The molecular weight excluding hydrogens is 190 g/mol. The van der Waals surface area contributed by atoms with Gasteiger partial charge in [0.25, 0.3) is 0 Å². The molecular formula is C10H13N5. The highest BCUT2D eigenvalue weighted by Gasteiger charge is 1.99. The van der Waals surface area contributed by atoms with Crippen LogP contribution in [0.3, 0.4) is 0 Å². The number of aromatic amines is 1. The predicted octanol–water partition coefficient (Wildman–Crippen LogP) is 1.31. The smallest absolute Gasteiger partial charge is 0.128 e. The number of aryl methyl sites for hydroxylation is 1. The number of H-pyrrole nitrogens is 1. The molecule has 5 nitrogen and oxygen atoms in total. The van der Waals surface area contributed by atoms with Crippen molar-refractivity contribution in [1.29, 1.82) is 0 Å². The molecule has 0 bridgehead atoms. The number of hydrogen-bond donors (Lipinski definition) is 3. The number of anilines is 2. The molecule has 0 amide bonds. The monoisotopic (exact) mass is 203 g/mol. The summed E-state index contributed by atoms with van der Waals surface area (Å²) in [5.74, 6) is 1.63. The largest absolute Gasteiger partial charge is 0.398 e. The second-order valence-electron chi connectivity index (χ2n) is 3.32. The van der Waals surface area contributed by atoms with Crippen molar-refractivity contribution in [3.05, 3.63) is 36.0 Å². The van der Waals surface area contributed by atoms with Crippen molar-refractivity contribution < 1.29 is 0 Å². The number of nitrogens with two attached hydrogens (primary N) is 1. The average molecular weight is 203 g/mol. The van der Waals surface area contributed by atoms with Crippen molar-refractivity contribution in [2.75, 3.05) is 11.1 Å². The van der Waals surface area contributed by atoms with Crippen LogP contribution in [0, 0.1) is 6.92 Å². The van der Waals surface area contributed by atoms with E-state index in [1.165, 1.54) is 0 Å². The Morgan fingerprint density at radius 1 is 1.47 bits per heavy atom. The van der Waals surface area contributed by atoms with Gasteiger partial charge in [0.1, 0.15) is 11.6 Å². The van der Waals surface area contributed by atoms with Crippen LogP contribution in [0.2, 0.25) is 0 Å². The summed E-state index contributed by atoms with van der Waals surface area (Å²) in [7, 11) is 0. The molecule has 2 heterocycles. The van der Waals surface area contributed by atoms with Crippen LogP contribution < -0.4 is 11.1 Å². The SMILES string of the molecule is Cc1cnc(NCc2ncc[nH]2)cc1N. The van der Waals surface area contributed by atoms with E-state index in [0.29, 0.717) is 6.54 Å². The fourth-order valence-electron chi connectivity index (χ4n) is 1.20. The molecule has 2 aromatic rings. The van der Waals surface area contributed by atoms with Crippen LogP contribution in [-0.2, 0) is 6.54 Å². The Morgan fingerprint density at radius 2 is 2.33 bits per heavy atom. The van der Waals surface area contributed by atoms with Crippen molar-refractivity contribution in [3.63, 3.8) is 0 Å². The van der Waals surface area contributed by atoms with Gasteiger partial charge in [-0.05, 0) is 12.5 Å². The number of aromatic nitrogens is 3. The van der Waals surface area contributed by atoms with E-state index in [9.17, 15) is 0 Å². The second-order valence-corrected chi connectivity index (χ2v) is 3.32. The molecule has 0 atom stereocenters. The van der Waals surface area contributed by atoms with Crippen molar-refractivity contribution in [1.82, 2.24) is 15.0 Å². The minimum absolute atomic E-state index is 0.614. The molecule has 0 unspecified atom stereocenters. The first-order valence-electron chi connectivity index (χ1n) is 4.70. The van der Waals surface area contributed by atoms with E-state index in [1.807, 2.05) is 13.0 Å². The molecule has 0 fully saturated rings. The van der Waals surface area contributed by atoms with Crippen LogP contribution in [0.5, 0.6) is 0 Å². The molecule has 0 aliphatic carbocycles. The van der Waals surface area contributed by atoms with Crippen LogP contribution in [0.1, 0.15) is 11.4 Å². The Hall–Kier alpha value is -2.04. The van der Waals surface area contributed by atoms with E-state index in [-0.39, 0.29) is 0 Å². The third-order valence-electron chi connectivity index (χ3n) is 2.14. The summed E-state index contributed by atoms with van der Waals surface area (Å²) in [5.41, 5.74) is 7.49. The highest BCUT2D eigenvalue weighted by Crippen LogP contribution is 2.13. The molecule has 78 valence electrons. The topological polar surface area (TPSA) is 79.6 Å². The van der Waals surface area contributed by atoms with Gasteiger partial charge in [0.2, 0.25) is 0 Å². The Morgan fingerprint density at radius 3 is 3.00 bits per heavy atom. The minimum Gasteiger partial charge on any atom is -0.398 e. The van der Waals surface area contributed by atoms with Crippen LogP contribution in [0.4, 0.5) is 11.5 Å². The molecule has 0 radical (unpaired) electrons. The quantitative estimate of drug-likeness (QED) is 0.702. The van der Waals surface area contributed by atoms with E-state index in [4.69, 9.17) is 5.73 Å². The predicted molar refractivity (Wildman–Crippen MR) is 59.3 cm³/mol. The Labute approximate surface area is 87.8 Å². The molecule has 0 saturated heterocycles. The fourth-order valence-corrected chi connectivity index (χ4v) is 1.20. The number of nitrogens with one attached hydrogen (secondary N) is 2. The van der Waals surface area contributed by atoms with Crippen molar-refractivity contribution >= 4 is 11.5 Å². The van der Waals surface area contributed by atoms with Gasteiger partial charge < -0.3 is 16.0 Å². The molecule has 0 saturated carbocycles. The van der Waals surface area contributed by atoms with E-state index < -0.39 is 0 Å². The van der Waals surface area contributed by atoms with Gasteiger partial charge in [-0.3, -0.25) is 0 Å². The van der Waals surface area contributed by atoms with E-state index >= 15 is 0 Å². The lowest BCUT2D eigenvalue weighted by molar-refractivity contribution is 0.987. The molecule has 15 heavy (non-hydrogen) atoms. The normalized spacial score (nSPS) is 10.2. The molecule has 2 aromatic heterocycles. The van der Waals surface area contributed by atoms with Gasteiger partial charge in [0, 0.05) is 30.3 Å². The summed E-state index contributed by atoms with van der Waals surface area (Å²) in [6.07, 6.45) is 5.25.